The Bertz CT molecular complexity index is 13.5. The van der Waals surface area contributed by atoms with Crippen molar-refractivity contribution in [2.24, 2.45) is 0 Å². The molecule has 0 amide bonds. The Morgan fingerprint density at radius 2 is 1.33 bits per heavy atom. The first-order chi connectivity index (χ1) is 1.73. The fourth-order valence-corrected chi connectivity index (χ4v) is 0. The third-order valence-corrected chi connectivity index (χ3v) is 0. The van der Waals surface area contributed by atoms with Crippen molar-refractivity contribution in [3.8, 4) is 0 Å². The Labute approximate surface area is 48.6 Å². The summed E-state index contributed by atoms with van der Waals surface area (Å²) >= 11 is 0. The Hall–Kier alpha value is 0.452. The summed E-state index contributed by atoms with van der Waals surface area (Å²) in [6.07, 6.45) is -0.417. The van der Waals surface area contributed by atoms with E-state index in [1.807, 2.05) is 0 Å². The van der Waals surface area contributed by atoms with E-state index >= 15 is 0 Å². The predicted molar refractivity (Wildman–Crippen MR) is 22.8 cm³/mol. The van der Waals surface area contributed by atoms with E-state index in [4.69, 9.17) is 0 Å². The van der Waals surface area contributed by atoms with Crippen molar-refractivity contribution in [1.82, 2.24) is 0 Å². The predicted octanol–water partition coefficient (Wildman–Crippen LogP) is -0.803. The second-order valence-corrected chi connectivity index (χ2v) is 1.05. The summed E-state index contributed by atoms with van der Waals surface area (Å²) in [6.45, 7) is 3.22. The van der Waals surface area contributed by atoms with Crippen LogP contribution in [0.1, 0.15) is 13.8 Å². The molecular formula is C3H8AlO2. The molecule has 1 radical (unpaired) electrons. The van der Waals surface area contributed by atoms with Crippen molar-refractivity contribution in [3.63, 3.8) is 0 Å². The van der Waals surface area contributed by atoms with Gasteiger partial charge < -0.3 is 10.6 Å². The summed E-state index contributed by atoms with van der Waals surface area (Å²) in [5.74, 6) is 0. The van der Waals surface area contributed by atoms with Gasteiger partial charge in [-0.3, -0.25) is 0 Å². The van der Waals surface area contributed by atoms with Crippen LogP contribution in [0.25, 0.3) is 0 Å². The standard InChI is InChI=1S/C3H7O.Al.H2O/c1-3(2)4;;/h3H,1-2H3;;1H2/q-1;+2;/p-1. The van der Waals surface area contributed by atoms with Crippen molar-refractivity contribution in [3.05, 3.63) is 0 Å². The van der Waals surface area contributed by atoms with Gasteiger partial charge in [-0.1, -0.05) is 13.8 Å². The molecule has 0 aliphatic carbocycles. The molecule has 0 rings (SSSR count). The maximum Gasteiger partial charge on any atom is 2.00 e. The molecule has 0 heterocycles. The Balaban J connectivity index is -0.0000000450. The average molecular weight is 103 g/mol. The van der Waals surface area contributed by atoms with E-state index in [1.165, 1.54) is 0 Å². The Morgan fingerprint density at radius 3 is 1.33 bits per heavy atom. The Morgan fingerprint density at radius 1 is 1.33 bits per heavy atom. The largest absolute Gasteiger partial charge is 2.00 e. The van der Waals surface area contributed by atoms with Gasteiger partial charge in [0.2, 0.25) is 0 Å². The van der Waals surface area contributed by atoms with Crippen LogP contribution in [0.3, 0.4) is 0 Å². The normalized spacial score (nSPS) is 6.00. The quantitative estimate of drug-likeness (QED) is 0.377. The number of hydrogen-bond acceptors (Lipinski definition) is 2. The van der Waals surface area contributed by atoms with E-state index in [2.05, 4.69) is 0 Å². The summed E-state index contributed by atoms with van der Waals surface area (Å²) in [7, 11) is 0. The van der Waals surface area contributed by atoms with Gasteiger partial charge in [-0.05, 0) is 0 Å². The number of hydrogen-bond donors (Lipinski definition) is 0. The summed E-state index contributed by atoms with van der Waals surface area (Å²) < 4.78 is 0. The van der Waals surface area contributed by atoms with E-state index in [0.29, 0.717) is 0 Å². The average Bonchev–Trinajstić information content (AvgIpc) is 0.811. The van der Waals surface area contributed by atoms with Crippen LogP contribution < -0.4 is 5.11 Å². The van der Waals surface area contributed by atoms with Gasteiger partial charge in [0.05, 0.1) is 0 Å². The molecule has 0 atom stereocenters. The summed E-state index contributed by atoms with van der Waals surface area (Å²) in [5.41, 5.74) is 0. The molecule has 0 aliphatic heterocycles. The van der Waals surface area contributed by atoms with Gasteiger partial charge in [0.15, 0.2) is 0 Å². The van der Waals surface area contributed by atoms with Gasteiger partial charge in [-0.25, -0.2) is 0 Å². The van der Waals surface area contributed by atoms with Crippen LogP contribution in [-0.4, -0.2) is 28.9 Å². The summed E-state index contributed by atoms with van der Waals surface area (Å²) in [6, 6.07) is 0. The molecular weight excluding hydrogens is 95.0 g/mol. The van der Waals surface area contributed by atoms with Crippen molar-refractivity contribution in [1.29, 1.82) is 0 Å². The van der Waals surface area contributed by atoms with E-state index in [0.717, 1.165) is 0 Å². The van der Waals surface area contributed by atoms with Crippen molar-refractivity contribution in [2.45, 2.75) is 20.0 Å². The van der Waals surface area contributed by atoms with E-state index in [-0.39, 0.29) is 22.8 Å². The molecule has 6 heavy (non-hydrogen) atoms. The number of rotatable bonds is 0. The van der Waals surface area contributed by atoms with Crippen molar-refractivity contribution in [2.75, 3.05) is 0 Å². The third kappa shape index (κ3) is 259. The molecule has 0 aliphatic rings. The fourth-order valence-electron chi connectivity index (χ4n) is 0. The molecule has 2 nitrogen and oxygen atoms in total. The molecule has 0 aromatic rings. The van der Waals surface area contributed by atoms with Gasteiger partial charge in [0.25, 0.3) is 0 Å². The maximum absolute atomic E-state index is 9.53. The molecule has 0 aromatic carbocycles. The molecule has 1 N–H and O–H groups in total. The van der Waals surface area contributed by atoms with Crippen LogP contribution in [0, 0.1) is 0 Å². The molecule has 0 bridgehead atoms. The molecule has 35 valence electrons. The second kappa shape index (κ2) is 9.07. The zero-order chi connectivity index (χ0) is 3.58. The minimum absolute atomic E-state index is 0. The molecule has 0 unspecified atom stereocenters. The zero-order valence-corrected chi connectivity index (χ0v) is 5.16. The van der Waals surface area contributed by atoms with Crippen LogP contribution in [0.4, 0.5) is 0 Å². The molecule has 0 fully saturated rings. The van der Waals surface area contributed by atoms with Crippen molar-refractivity contribution < 1.29 is 10.6 Å². The van der Waals surface area contributed by atoms with E-state index < -0.39 is 6.10 Å². The van der Waals surface area contributed by atoms with E-state index in [9.17, 15) is 5.11 Å². The molecule has 0 saturated heterocycles. The zero-order valence-electron chi connectivity index (χ0n) is 4.01. The maximum atomic E-state index is 9.53. The summed E-state index contributed by atoms with van der Waals surface area (Å²) in [4.78, 5) is 0. The smallest absolute Gasteiger partial charge is 0.870 e. The van der Waals surface area contributed by atoms with Crippen LogP contribution in [0.15, 0.2) is 0 Å². The first-order valence-corrected chi connectivity index (χ1v) is 1.39. The molecule has 0 spiro atoms. The van der Waals surface area contributed by atoms with E-state index in [1.54, 1.807) is 13.8 Å². The SMILES string of the molecule is CC(C)[O-].[Al+2].[OH-]. The third-order valence-electron chi connectivity index (χ3n) is 0. The van der Waals surface area contributed by atoms with Gasteiger partial charge in [0.1, 0.15) is 0 Å². The molecule has 0 aromatic heterocycles. The first kappa shape index (κ1) is 16.1. The summed E-state index contributed by atoms with van der Waals surface area (Å²) in [5, 5.41) is 9.53. The van der Waals surface area contributed by atoms with Crippen LogP contribution in [0.5, 0.6) is 0 Å². The topological polar surface area (TPSA) is 53.1 Å². The molecule has 0 saturated carbocycles. The minimum Gasteiger partial charge on any atom is -0.870 e. The fraction of sp³-hybridized carbons (Fsp3) is 1.00. The first-order valence-electron chi connectivity index (χ1n) is 1.39. The second-order valence-electron chi connectivity index (χ2n) is 1.05. The van der Waals surface area contributed by atoms with Crippen LogP contribution in [0.2, 0.25) is 0 Å². The van der Waals surface area contributed by atoms with Crippen LogP contribution >= 0.6 is 0 Å². The van der Waals surface area contributed by atoms with Gasteiger partial charge >= 0.3 is 17.4 Å². The Kier molecular flexibility index (Phi) is 24.3. The monoisotopic (exact) mass is 103 g/mol. The van der Waals surface area contributed by atoms with Crippen molar-refractivity contribution >= 4 is 17.4 Å². The molecule has 3 heteroatoms. The van der Waals surface area contributed by atoms with Gasteiger partial charge in [-0.15, -0.1) is 6.10 Å². The van der Waals surface area contributed by atoms with Crippen LogP contribution in [-0.2, 0) is 0 Å². The minimum atomic E-state index is -0.417. The van der Waals surface area contributed by atoms with Gasteiger partial charge in [0, 0.05) is 0 Å². The van der Waals surface area contributed by atoms with Gasteiger partial charge in [-0.2, -0.15) is 0 Å².